The van der Waals surface area contributed by atoms with E-state index in [0.29, 0.717) is 25.4 Å². The van der Waals surface area contributed by atoms with E-state index in [1.165, 1.54) is 30.6 Å². The summed E-state index contributed by atoms with van der Waals surface area (Å²) in [5, 5.41) is 5.46. The minimum atomic E-state index is -0.563. The van der Waals surface area contributed by atoms with Gasteiger partial charge in [0.1, 0.15) is 29.2 Å². The lowest BCUT2D eigenvalue weighted by atomic mass is 10.1. The van der Waals surface area contributed by atoms with Crippen molar-refractivity contribution in [1.82, 2.24) is 15.2 Å². The van der Waals surface area contributed by atoms with Gasteiger partial charge in [0, 0.05) is 25.0 Å². The number of halogens is 1. The van der Waals surface area contributed by atoms with E-state index in [-0.39, 0.29) is 24.8 Å². The average molecular weight is 393 g/mol. The van der Waals surface area contributed by atoms with Crippen LogP contribution in [0.2, 0.25) is 0 Å². The normalized spacial score (nSPS) is 17.4. The van der Waals surface area contributed by atoms with Gasteiger partial charge in [-0.15, -0.1) is 11.3 Å². The molecule has 1 aromatic heterocycles. The molecule has 3 rings (SSSR count). The van der Waals surface area contributed by atoms with Gasteiger partial charge in [-0.1, -0.05) is 0 Å². The van der Waals surface area contributed by atoms with Crippen LogP contribution in [-0.4, -0.2) is 48.0 Å². The maximum absolute atomic E-state index is 12.9. The van der Waals surface area contributed by atoms with Crippen LogP contribution < -0.4 is 10.1 Å². The Morgan fingerprint density at radius 2 is 2.19 bits per heavy atom. The summed E-state index contributed by atoms with van der Waals surface area (Å²) in [7, 11) is 1.31. The van der Waals surface area contributed by atoms with Gasteiger partial charge in [-0.2, -0.15) is 0 Å². The van der Waals surface area contributed by atoms with Crippen LogP contribution in [-0.2, 0) is 27.5 Å². The van der Waals surface area contributed by atoms with E-state index in [9.17, 15) is 14.0 Å². The molecule has 1 aliphatic rings. The molecule has 9 heteroatoms. The molecule has 2 aromatic rings. The maximum atomic E-state index is 12.9. The van der Waals surface area contributed by atoms with E-state index < -0.39 is 12.0 Å². The summed E-state index contributed by atoms with van der Waals surface area (Å²) < 4.78 is 23.2. The summed E-state index contributed by atoms with van der Waals surface area (Å²) >= 11 is 1.45. The number of hydrogen-bond donors (Lipinski definition) is 1. The molecule has 1 saturated heterocycles. The first-order valence-corrected chi connectivity index (χ1v) is 9.33. The highest BCUT2D eigenvalue weighted by Crippen LogP contribution is 2.19. The number of esters is 1. The monoisotopic (exact) mass is 393 g/mol. The molecule has 1 atom stereocenters. The molecule has 0 aliphatic carbocycles. The minimum absolute atomic E-state index is 0.00695. The van der Waals surface area contributed by atoms with Crippen LogP contribution in [0.5, 0.6) is 5.75 Å². The fourth-order valence-corrected chi connectivity index (χ4v) is 3.48. The number of benzene rings is 1. The summed E-state index contributed by atoms with van der Waals surface area (Å²) in [5.41, 5.74) is 0.808. The number of rotatable bonds is 7. The van der Waals surface area contributed by atoms with Crippen LogP contribution in [0.3, 0.4) is 0 Å². The van der Waals surface area contributed by atoms with E-state index in [0.717, 1.165) is 10.7 Å². The Labute approximate surface area is 160 Å². The summed E-state index contributed by atoms with van der Waals surface area (Å²) in [6.45, 7) is 1.90. The van der Waals surface area contributed by atoms with Crippen LogP contribution in [0.25, 0.3) is 0 Å². The highest BCUT2D eigenvalue weighted by Gasteiger charge is 2.32. The third kappa shape index (κ3) is 5.24. The van der Waals surface area contributed by atoms with Crippen molar-refractivity contribution in [2.45, 2.75) is 25.6 Å². The molecule has 2 heterocycles. The van der Waals surface area contributed by atoms with Gasteiger partial charge in [0.2, 0.25) is 5.91 Å². The molecule has 0 saturated carbocycles. The van der Waals surface area contributed by atoms with Crippen molar-refractivity contribution in [3.05, 3.63) is 46.2 Å². The minimum Gasteiger partial charge on any atom is -0.486 e. The van der Waals surface area contributed by atoms with Crippen LogP contribution in [0.15, 0.2) is 29.6 Å². The van der Waals surface area contributed by atoms with Crippen LogP contribution in [0, 0.1) is 5.82 Å². The summed E-state index contributed by atoms with van der Waals surface area (Å²) in [5.74, 6) is -0.347. The largest absolute Gasteiger partial charge is 0.486 e. The van der Waals surface area contributed by atoms with E-state index in [4.69, 9.17) is 4.74 Å². The second kappa shape index (κ2) is 8.92. The quantitative estimate of drug-likeness (QED) is 0.722. The van der Waals surface area contributed by atoms with Crippen molar-refractivity contribution in [2.24, 2.45) is 0 Å². The van der Waals surface area contributed by atoms with Gasteiger partial charge in [-0.25, -0.2) is 9.37 Å². The first-order valence-electron chi connectivity index (χ1n) is 8.45. The van der Waals surface area contributed by atoms with Crippen molar-refractivity contribution in [3.8, 4) is 5.75 Å². The molecular formula is C18H20FN3O4S. The van der Waals surface area contributed by atoms with E-state index in [1.807, 2.05) is 10.3 Å². The Hall–Kier alpha value is -2.52. The zero-order valence-corrected chi connectivity index (χ0v) is 15.6. The fourth-order valence-electron chi connectivity index (χ4n) is 2.79. The number of ether oxygens (including phenoxy) is 2. The van der Waals surface area contributed by atoms with E-state index >= 15 is 0 Å². The molecule has 144 valence electrons. The lowest BCUT2D eigenvalue weighted by Crippen LogP contribution is -2.55. The Balaban J connectivity index is 1.59. The predicted molar refractivity (Wildman–Crippen MR) is 96.7 cm³/mol. The molecule has 0 spiro atoms. The molecule has 1 fully saturated rings. The number of carbonyl (C=O) groups excluding carboxylic acids is 2. The smallest absolute Gasteiger partial charge is 0.307 e. The van der Waals surface area contributed by atoms with Gasteiger partial charge in [-0.3, -0.25) is 14.5 Å². The van der Waals surface area contributed by atoms with Crippen molar-refractivity contribution in [3.63, 3.8) is 0 Å². The molecule has 0 unspecified atom stereocenters. The second-order valence-corrected chi connectivity index (χ2v) is 6.98. The predicted octanol–water partition coefficient (Wildman–Crippen LogP) is 1.72. The standard InChI is InChI=1S/C18H20FN3O4S/c1-25-17(23)8-15-18(24)20-6-7-22(15)9-13-11-27-16(21-13)10-26-14-4-2-12(19)3-5-14/h2-5,11,15H,6-10H2,1H3,(H,20,24)/t15-/m1/s1. The van der Waals surface area contributed by atoms with E-state index in [1.54, 1.807) is 12.1 Å². The molecule has 1 amide bonds. The molecule has 27 heavy (non-hydrogen) atoms. The number of methoxy groups -OCH3 is 1. The number of carbonyl (C=O) groups is 2. The molecule has 0 radical (unpaired) electrons. The van der Waals surface area contributed by atoms with Gasteiger partial charge in [-0.05, 0) is 24.3 Å². The lowest BCUT2D eigenvalue weighted by molar-refractivity contribution is -0.146. The molecule has 1 aromatic carbocycles. The highest BCUT2D eigenvalue weighted by molar-refractivity contribution is 7.09. The van der Waals surface area contributed by atoms with Gasteiger partial charge in [0.05, 0.1) is 19.2 Å². The fraction of sp³-hybridized carbons (Fsp3) is 0.389. The van der Waals surface area contributed by atoms with Crippen molar-refractivity contribution in [2.75, 3.05) is 20.2 Å². The third-order valence-corrected chi connectivity index (χ3v) is 5.04. The molecule has 0 bridgehead atoms. The Kier molecular flexibility index (Phi) is 6.36. The maximum Gasteiger partial charge on any atom is 0.307 e. The summed E-state index contributed by atoms with van der Waals surface area (Å²) in [6, 6.07) is 5.24. The first kappa shape index (κ1) is 19.2. The zero-order valence-electron chi connectivity index (χ0n) is 14.8. The molecule has 1 aliphatic heterocycles. The average Bonchev–Trinajstić information content (AvgIpc) is 3.11. The van der Waals surface area contributed by atoms with Gasteiger partial charge in [0.15, 0.2) is 0 Å². The number of nitrogens with one attached hydrogen (secondary N) is 1. The molecule has 7 nitrogen and oxygen atoms in total. The summed E-state index contributed by atoms with van der Waals surface area (Å²) in [6.07, 6.45) is 0.00695. The number of thiazole rings is 1. The van der Waals surface area contributed by atoms with Crippen LogP contribution in [0.1, 0.15) is 17.1 Å². The van der Waals surface area contributed by atoms with Crippen molar-refractivity contribution >= 4 is 23.2 Å². The Morgan fingerprint density at radius 1 is 1.41 bits per heavy atom. The zero-order chi connectivity index (χ0) is 19.2. The van der Waals surface area contributed by atoms with Crippen molar-refractivity contribution in [1.29, 1.82) is 0 Å². The molecular weight excluding hydrogens is 373 g/mol. The number of nitrogens with zero attached hydrogens (tertiary/aromatic N) is 2. The SMILES string of the molecule is COC(=O)C[C@@H]1C(=O)NCCN1Cc1csc(COc2ccc(F)cc2)n1. The Bertz CT molecular complexity index is 796. The Morgan fingerprint density at radius 3 is 2.93 bits per heavy atom. The number of aromatic nitrogens is 1. The van der Waals surface area contributed by atoms with Crippen LogP contribution in [0.4, 0.5) is 4.39 Å². The van der Waals surface area contributed by atoms with Gasteiger partial charge in [0.25, 0.3) is 0 Å². The number of hydrogen-bond acceptors (Lipinski definition) is 7. The number of amides is 1. The second-order valence-electron chi connectivity index (χ2n) is 6.03. The van der Waals surface area contributed by atoms with Gasteiger partial charge < -0.3 is 14.8 Å². The van der Waals surface area contributed by atoms with Crippen molar-refractivity contribution < 1.29 is 23.5 Å². The lowest BCUT2D eigenvalue weighted by Gasteiger charge is -2.33. The van der Waals surface area contributed by atoms with Gasteiger partial charge >= 0.3 is 5.97 Å². The highest BCUT2D eigenvalue weighted by atomic mass is 32.1. The third-order valence-electron chi connectivity index (χ3n) is 4.17. The summed E-state index contributed by atoms with van der Waals surface area (Å²) in [4.78, 5) is 30.1. The first-order chi connectivity index (χ1) is 13.0. The number of piperazine rings is 1. The molecule has 1 N–H and O–H groups in total. The van der Waals surface area contributed by atoms with E-state index in [2.05, 4.69) is 15.0 Å². The van der Waals surface area contributed by atoms with Crippen LogP contribution >= 0.6 is 11.3 Å². The topological polar surface area (TPSA) is 80.8 Å².